The number of alkyl halides is 4. The van der Waals surface area contributed by atoms with Crippen LogP contribution in [-0.2, 0) is 14.6 Å². The van der Waals surface area contributed by atoms with Crippen molar-refractivity contribution >= 4 is 10.4 Å². The van der Waals surface area contributed by atoms with Crippen LogP contribution in [0.2, 0.25) is 0 Å². The molecule has 68 valence electrons. The van der Waals surface area contributed by atoms with Crippen LogP contribution < -0.4 is 0 Å². The Hall–Kier alpha value is -0.410. The first kappa shape index (κ1) is 10.6. The summed E-state index contributed by atoms with van der Waals surface area (Å²) in [5.41, 5.74) is 0. The van der Waals surface area contributed by atoms with Gasteiger partial charge in [0.15, 0.2) is 0 Å². The minimum absolute atomic E-state index is 2.33. The highest BCUT2D eigenvalue weighted by molar-refractivity contribution is 7.80. The quantitative estimate of drug-likeness (QED) is 0.534. The van der Waals surface area contributed by atoms with Crippen molar-refractivity contribution in [2.45, 2.75) is 12.5 Å². The molecule has 0 aliphatic carbocycles. The summed E-state index contributed by atoms with van der Waals surface area (Å²) in [5.74, 6) is 0. The molecule has 1 N–H and O–H groups in total. The molecule has 4 nitrogen and oxygen atoms in total. The maximum absolute atomic E-state index is 11.5. The molecule has 0 amide bonds. The molecule has 0 aliphatic heterocycles. The Kier molecular flexibility index (Phi) is 2.80. The number of rotatable bonds is 3. The molecule has 0 radical (unpaired) electrons. The largest absolute Gasteiger partial charge is 0.431 e. The van der Waals surface area contributed by atoms with Gasteiger partial charge in [0.1, 0.15) is 0 Å². The summed E-state index contributed by atoms with van der Waals surface area (Å²) in [5, 5.41) is 0. The zero-order valence-corrected chi connectivity index (χ0v) is 5.49. The predicted octanol–water partition coefficient (Wildman–Crippen LogP) is 0.664. The van der Waals surface area contributed by atoms with Crippen molar-refractivity contribution in [2.75, 3.05) is 0 Å². The van der Waals surface area contributed by atoms with Gasteiger partial charge in [0.25, 0.3) is 0 Å². The Balaban J connectivity index is 4.38. The summed E-state index contributed by atoms with van der Waals surface area (Å²) in [6, 6.07) is 0. The lowest BCUT2D eigenvalue weighted by atomic mass is 10.7. The van der Waals surface area contributed by atoms with Gasteiger partial charge in [-0.1, -0.05) is 0 Å². The van der Waals surface area contributed by atoms with Crippen molar-refractivity contribution in [2.24, 2.45) is 0 Å². The van der Waals surface area contributed by atoms with E-state index in [0.717, 1.165) is 0 Å². The molecule has 0 unspecified atom stereocenters. The summed E-state index contributed by atoms with van der Waals surface area (Å²) >= 11 is 0. The van der Waals surface area contributed by atoms with E-state index in [2.05, 4.69) is 4.18 Å². The lowest BCUT2D eigenvalue weighted by Gasteiger charge is -2.11. The van der Waals surface area contributed by atoms with Crippen LogP contribution >= 0.6 is 0 Å². The molecule has 11 heavy (non-hydrogen) atoms. The first-order valence-electron chi connectivity index (χ1n) is 1.99. The molecule has 0 bridgehead atoms. The highest BCUT2D eigenvalue weighted by Gasteiger charge is 2.46. The minimum atomic E-state index is -5.56. The van der Waals surface area contributed by atoms with Crippen molar-refractivity contribution in [1.82, 2.24) is 0 Å². The van der Waals surface area contributed by atoms with Crippen LogP contribution in [0.3, 0.4) is 0 Å². The maximum Gasteiger partial charge on any atom is 0.431 e. The molecule has 0 aromatic heterocycles. The molecule has 0 aliphatic rings. The third kappa shape index (κ3) is 4.11. The highest BCUT2D eigenvalue weighted by atomic mass is 32.3. The van der Waals surface area contributed by atoms with Crippen LogP contribution in [0.4, 0.5) is 17.6 Å². The van der Waals surface area contributed by atoms with E-state index in [1.54, 1.807) is 0 Å². The van der Waals surface area contributed by atoms with Crippen molar-refractivity contribution in [3.05, 3.63) is 0 Å². The minimum Gasteiger partial charge on any atom is -0.263 e. The standard InChI is InChI=1S/C2H2F4O4S/c3-1(4)2(5,6)10-11(7,8)9/h1H,(H,7,8,9). The topological polar surface area (TPSA) is 63.6 Å². The molecule has 0 atom stereocenters. The van der Waals surface area contributed by atoms with Crippen LogP contribution in [0.15, 0.2) is 0 Å². The average Bonchev–Trinajstić information content (AvgIpc) is 1.56. The monoisotopic (exact) mass is 198 g/mol. The Morgan fingerprint density at radius 3 is 1.82 bits per heavy atom. The Bertz CT molecular complexity index is 220. The summed E-state index contributed by atoms with van der Waals surface area (Å²) in [6.45, 7) is 0. The normalized spacial score (nSPS) is 14.0. The van der Waals surface area contributed by atoms with Crippen LogP contribution in [0.5, 0.6) is 0 Å². The second-order valence-corrected chi connectivity index (χ2v) is 2.40. The smallest absolute Gasteiger partial charge is 0.263 e. The van der Waals surface area contributed by atoms with Crippen molar-refractivity contribution in [3.63, 3.8) is 0 Å². The molecule has 0 heterocycles. The van der Waals surface area contributed by atoms with Crippen molar-refractivity contribution < 1.29 is 34.7 Å². The van der Waals surface area contributed by atoms with Crippen LogP contribution in [-0.4, -0.2) is 25.5 Å². The Labute approximate surface area is 58.7 Å². The van der Waals surface area contributed by atoms with Crippen LogP contribution in [0, 0.1) is 0 Å². The number of hydrogen-bond acceptors (Lipinski definition) is 3. The fourth-order valence-corrected chi connectivity index (χ4v) is 0.530. The van der Waals surface area contributed by atoms with E-state index >= 15 is 0 Å². The summed E-state index contributed by atoms with van der Waals surface area (Å²) in [7, 11) is -5.56. The van der Waals surface area contributed by atoms with E-state index < -0.39 is 22.9 Å². The first-order chi connectivity index (χ1) is 4.65. The lowest BCUT2D eigenvalue weighted by Crippen LogP contribution is -2.32. The van der Waals surface area contributed by atoms with Gasteiger partial charge in [0.05, 0.1) is 0 Å². The zero-order valence-electron chi connectivity index (χ0n) is 4.67. The van der Waals surface area contributed by atoms with Crippen LogP contribution in [0.1, 0.15) is 0 Å². The zero-order chi connectivity index (χ0) is 9.28. The summed E-state index contributed by atoms with van der Waals surface area (Å²) < 4.78 is 74.1. The van der Waals surface area contributed by atoms with Gasteiger partial charge < -0.3 is 0 Å². The number of hydrogen-bond donors (Lipinski definition) is 1. The molecule has 0 saturated heterocycles. The van der Waals surface area contributed by atoms with E-state index in [0.29, 0.717) is 0 Å². The first-order valence-corrected chi connectivity index (χ1v) is 3.35. The second-order valence-electron chi connectivity index (χ2n) is 1.37. The summed E-state index contributed by atoms with van der Waals surface area (Å²) in [6.07, 6.45) is -9.50. The van der Waals surface area contributed by atoms with Gasteiger partial charge in [-0.2, -0.15) is 21.4 Å². The molecule has 9 heteroatoms. The third-order valence-corrected chi connectivity index (χ3v) is 0.903. The molecule has 0 fully saturated rings. The third-order valence-electron chi connectivity index (χ3n) is 0.470. The van der Waals surface area contributed by atoms with Gasteiger partial charge in [-0.15, -0.1) is 0 Å². The van der Waals surface area contributed by atoms with Crippen molar-refractivity contribution in [1.29, 1.82) is 0 Å². The highest BCUT2D eigenvalue weighted by Crippen LogP contribution is 2.25. The molecule has 0 aromatic carbocycles. The molecule has 0 spiro atoms. The Morgan fingerprint density at radius 1 is 1.36 bits per heavy atom. The molecule has 0 rings (SSSR count). The fourth-order valence-electron chi connectivity index (χ4n) is 0.177. The van der Waals surface area contributed by atoms with Gasteiger partial charge in [0.2, 0.25) is 0 Å². The van der Waals surface area contributed by atoms with E-state index in [-0.39, 0.29) is 0 Å². The molecular formula is C2H2F4O4S. The van der Waals surface area contributed by atoms with Gasteiger partial charge in [-0.25, -0.2) is 8.78 Å². The molecular weight excluding hydrogens is 196 g/mol. The predicted molar refractivity (Wildman–Crippen MR) is 23.6 cm³/mol. The van der Waals surface area contributed by atoms with Gasteiger partial charge in [-0.3, -0.25) is 4.55 Å². The SMILES string of the molecule is O=S(=O)(O)OC(F)(F)C(F)F. The van der Waals surface area contributed by atoms with Gasteiger partial charge in [0, 0.05) is 0 Å². The van der Waals surface area contributed by atoms with E-state index in [9.17, 15) is 26.0 Å². The van der Waals surface area contributed by atoms with E-state index in [4.69, 9.17) is 4.55 Å². The van der Waals surface area contributed by atoms with E-state index in [1.807, 2.05) is 0 Å². The second kappa shape index (κ2) is 2.91. The molecule has 0 saturated carbocycles. The van der Waals surface area contributed by atoms with Gasteiger partial charge in [-0.05, 0) is 0 Å². The number of halogens is 4. The lowest BCUT2D eigenvalue weighted by molar-refractivity contribution is -0.253. The average molecular weight is 198 g/mol. The maximum atomic E-state index is 11.5. The Morgan fingerprint density at radius 2 is 1.73 bits per heavy atom. The van der Waals surface area contributed by atoms with Gasteiger partial charge >= 0.3 is 22.9 Å². The summed E-state index contributed by atoms with van der Waals surface area (Å²) in [4.78, 5) is 0. The fraction of sp³-hybridized carbons (Fsp3) is 1.00. The molecule has 0 aromatic rings. The van der Waals surface area contributed by atoms with Crippen molar-refractivity contribution in [3.8, 4) is 0 Å². The van der Waals surface area contributed by atoms with Crippen LogP contribution in [0.25, 0.3) is 0 Å². The van der Waals surface area contributed by atoms with E-state index in [1.165, 1.54) is 0 Å².